The maximum Gasteiger partial charge on any atom is 0.241 e. The molecule has 1 atom stereocenters. The van der Waals surface area contributed by atoms with Gasteiger partial charge in [0.1, 0.15) is 0 Å². The molecular formula is C12H17BrN2OS. The van der Waals surface area contributed by atoms with Crippen LogP contribution in [0.25, 0.3) is 0 Å². The summed E-state index contributed by atoms with van der Waals surface area (Å²) in [6, 6.07) is 5.26. The summed E-state index contributed by atoms with van der Waals surface area (Å²) in [4.78, 5) is 11.8. The van der Waals surface area contributed by atoms with Gasteiger partial charge in [-0.3, -0.25) is 4.79 Å². The Morgan fingerprint density at radius 1 is 1.59 bits per heavy atom. The van der Waals surface area contributed by atoms with Crippen molar-refractivity contribution in [3.05, 3.63) is 28.2 Å². The maximum atomic E-state index is 11.8. The van der Waals surface area contributed by atoms with Crippen LogP contribution in [0.15, 0.2) is 22.7 Å². The lowest BCUT2D eigenvalue weighted by atomic mass is 10.1. The Balaban J connectivity index is 2.64. The molecule has 0 saturated carbocycles. The van der Waals surface area contributed by atoms with E-state index in [1.165, 1.54) is 0 Å². The molecule has 1 rings (SSSR count). The lowest BCUT2D eigenvalue weighted by molar-refractivity contribution is -0.117. The van der Waals surface area contributed by atoms with Gasteiger partial charge in [0.15, 0.2) is 0 Å². The quantitative estimate of drug-likeness (QED) is 0.878. The minimum atomic E-state index is -0.444. The maximum absolute atomic E-state index is 11.8. The molecule has 0 heterocycles. The van der Waals surface area contributed by atoms with E-state index in [9.17, 15) is 4.79 Å². The summed E-state index contributed by atoms with van der Waals surface area (Å²) in [5, 5.41) is 2.86. The van der Waals surface area contributed by atoms with Gasteiger partial charge in [-0.1, -0.05) is 22.0 Å². The monoisotopic (exact) mass is 316 g/mol. The molecule has 94 valence electrons. The van der Waals surface area contributed by atoms with Crippen molar-refractivity contribution in [3.8, 4) is 0 Å². The number of carbonyl (C=O) groups is 1. The number of nitrogens with one attached hydrogen (secondary N) is 1. The third-order valence-electron chi connectivity index (χ3n) is 2.50. The summed E-state index contributed by atoms with van der Waals surface area (Å²) in [5.41, 5.74) is 7.62. The second-order valence-electron chi connectivity index (χ2n) is 3.79. The van der Waals surface area contributed by atoms with Crippen LogP contribution in [0.1, 0.15) is 12.0 Å². The van der Waals surface area contributed by atoms with Crippen LogP contribution in [-0.2, 0) is 4.79 Å². The summed E-state index contributed by atoms with van der Waals surface area (Å²) in [6.45, 7) is 1.95. The largest absolute Gasteiger partial charge is 0.324 e. The first kappa shape index (κ1) is 14.5. The lowest BCUT2D eigenvalue weighted by Gasteiger charge is -2.13. The van der Waals surface area contributed by atoms with Crippen LogP contribution in [0, 0.1) is 6.92 Å². The zero-order chi connectivity index (χ0) is 12.8. The summed E-state index contributed by atoms with van der Waals surface area (Å²) in [7, 11) is 0. The number of carbonyl (C=O) groups excluding carboxylic acids is 1. The molecule has 1 aromatic carbocycles. The van der Waals surface area contributed by atoms with Crippen molar-refractivity contribution in [1.29, 1.82) is 0 Å². The van der Waals surface area contributed by atoms with E-state index in [0.29, 0.717) is 6.42 Å². The second-order valence-corrected chi connectivity index (χ2v) is 5.63. The van der Waals surface area contributed by atoms with Gasteiger partial charge in [0.25, 0.3) is 0 Å². The van der Waals surface area contributed by atoms with Crippen molar-refractivity contribution in [2.75, 3.05) is 17.3 Å². The number of anilines is 1. The van der Waals surface area contributed by atoms with Gasteiger partial charge >= 0.3 is 0 Å². The van der Waals surface area contributed by atoms with Gasteiger partial charge in [-0.05, 0) is 43.0 Å². The van der Waals surface area contributed by atoms with Crippen LogP contribution >= 0.6 is 27.7 Å². The number of halogens is 1. The summed E-state index contributed by atoms with van der Waals surface area (Å²) < 4.78 is 0.980. The van der Waals surface area contributed by atoms with E-state index in [2.05, 4.69) is 21.2 Å². The topological polar surface area (TPSA) is 55.1 Å². The van der Waals surface area contributed by atoms with Crippen molar-refractivity contribution >= 4 is 39.3 Å². The van der Waals surface area contributed by atoms with Crippen molar-refractivity contribution in [2.24, 2.45) is 5.73 Å². The average Bonchev–Trinajstić information content (AvgIpc) is 2.31. The van der Waals surface area contributed by atoms with Gasteiger partial charge < -0.3 is 11.1 Å². The molecule has 3 nitrogen and oxygen atoms in total. The number of rotatable bonds is 5. The van der Waals surface area contributed by atoms with Gasteiger partial charge in [0, 0.05) is 10.2 Å². The predicted octanol–water partition coefficient (Wildman–Crippen LogP) is 2.78. The molecule has 0 spiro atoms. The van der Waals surface area contributed by atoms with E-state index in [4.69, 9.17) is 5.73 Å². The van der Waals surface area contributed by atoms with E-state index in [-0.39, 0.29) is 5.91 Å². The minimum absolute atomic E-state index is 0.125. The first-order valence-electron chi connectivity index (χ1n) is 5.36. The molecule has 0 aliphatic carbocycles. The SMILES string of the molecule is CSCC[C@H](N)C(=O)Nc1cccc(Br)c1C. The molecule has 0 unspecified atom stereocenters. The van der Waals surface area contributed by atoms with E-state index in [0.717, 1.165) is 21.5 Å². The van der Waals surface area contributed by atoms with Crippen LogP contribution in [-0.4, -0.2) is 24.0 Å². The van der Waals surface area contributed by atoms with Crippen LogP contribution < -0.4 is 11.1 Å². The third-order valence-corrected chi connectivity index (χ3v) is 4.00. The highest BCUT2D eigenvalue weighted by Gasteiger charge is 2.14. The highest BCUT2D eigenvalue weighted by Crippen LogP contribution is 2.23. The number of hydrogen-bond donors (Lipinski definition) is 2. The molecule has 0 aromatic heterocycles. The average molecular weight is 317 g/mol. The van der Waals surface area contributed by atoms with Crippen molar-refractivity contribution in [2.45, 2.75) is 19.4 Å². The van der Waals surface area contributed by atoms with Gasteiger partial charge in [-0.25, -0.2) is 0 Å². The normalized spacial score (nSPS) is 12.2. The Morgan fingerprint density at radius 2 is 2.29 bits per heavy atom. The molecule has 0 bridgehead atoms. The van der Waals surface area contributed by atoms with Crippen LogP contribution in [0.4, 0.5) is 5.69 Å². The standard InChI is InChI=1S/C12H17BrN2OS/c1-8-9(13)4-3-5-11(8)15-12(16)10(14)6-7-17-2/h3-5,10H,6-7,14H2,1-2H3,(H,15,16)/t10-/m0/s1. The molecular weight excluding hydrogens is 300 g/mol. The molecule has 5 heteroatoms. The van der Waals surface area contributed by atoms with Gasteiger partial charge in [0.05, 0.1) is 6.04 Å². The number of nitrogens with two attached hydrogens (primary N) is 1. The first-order chi connectivity index (χ1) is 8.06. The molecule has 3 N–H and O–H groups in total. The fourth-order valence-electron chi connectivity index (χ4n) is 1.34. The van der Waals surface area contributed by atoms with E-state index in [1.54, 1.807) is 11.8 Å². The van der Waals surface area contributed by atoms with E-state index in [1.807, 2.05) is 31.4 Å². The number of benzene rings is 1. The smallest absolute Gasteiger partial charge is 0.241 e. The van der Waals surface area contributed by atoms with Crippen LogP contribution in [0.5, 0.6) is 0 Å². The molecule has 1 aromatic rings. The second kappa shape index (κ2) is 7.03. The molecule has 0 aliphatic heterocycles. The molecule has 17 heavy (non-hydrogen) atoms. The third kappa shape index (κ3) is 4.33. The van der Waals surface area contributed by atoms with Crippen molar-refractivity contribution in [1.82, 2.24) is 0 Å². The number of amides is 1. The Morgan fingerprint density at radius 3 is 2.94 bits per heavy atom. The van der Waals surface area contributed by atoms with Gasteiger partial charge in [-0.2, -0.15) is 11.8 Å². The van der Waals surface area contributed by atoms with Crippen LogP contribution in [0.3, 0.4) is 0 Å². The summed E-state index contributed by atoms with van der Waals surface area (Å²) >= 11 is 5.12. The molecule has 0 radical (unpaired) electrons. The summed E-state index contributed by atoms with van der Waals surface area (Å²) in [6.07, 6.45) is 2.70. The fourth-order valence-corrected chi connectivity index (χ4v) is 2.20. The molecule has 0 aliphatic rings. The Kier molecular flexibility index (Phi) is 6.02. The van der Waals surface area contributed by atoms with Crippen molar-refractivity contribution < 1.29 is 4.79 Å². The van der Waals surface area contributed by atoms with E-state index < -0.39 is 6.04 Å². The lowest BCUT2D eigenvalue weighted by Crippen LogP contribution is -2.36. The van der Waals surface area contributed by atoms with Crippen molar-refractivity contribution in [3.63, 3.8) is 0 Å². The van der Waals surface area contributed by atoms with Gasteiger partial charge in [0.2, 0.25) is 5.91 Å². The Bertz CT molecular complexity index is 398. The minimum Gasteiger partial charge on any atom is -0.324 e. The first-order valence-corrected chi connectivity index (χ1v) is 7.55. The highest BCUT2D eigenvalue weighted by atomic mass is 79.9. The zero-order valence-electron chi connectivity index (χ0n) is 10.00. The fraction of sp³-hybridized carbons (Fsp3) is 0.417. The van der Waals surface area contributed by atoms with Gasteiger partial charge in [-0.15, -0.1) is 0 Å². The predicted molar refractivity (Wildman–Crippen MR) is 78.5 cm³/mol. The Hall–Kier alpha value is -0.520. The zero-order valence-corrected chi connectivity index (χ0v) is 12.4. The molecule has 0 saturated heterocycles. The Labute approximate surface area is 115 Å². The highest BCUT2D eigenvalue weighted by molar-refractivity contribution is 9.10. The van der Waals surface area contributed by atoms with Crippen LogP contribution in [0.2, 0.25) is 0 Å². The number of hydrogen-bond acceptors (Lipinski definition) is 3. The molecule has 0 fully saturated rings. The number of thioether (sulfide) groups is 1. The van der Waals surface area contributed by atoms with E-state index >= 15 is 0 Å². The molecule has 1 amide bonds. The summed E-state index contributed by atoms with van der Waals surface area (Å²) in [5.74, 6) is 0.770.